The fourth-order valence-corrected chi connectivity index (χ4v) is 1.38. The Labute approximate surface area is 85.5 Å². The SMILES string of the molecule is Cc1cc(CCO)ccc1OC(C)C. The zero-order valence-corrected chi connectivity index (χ0v) is 9.08. The summed E-state index contributed by atoms with van der Waals surface area (Å²) < 4.78 is 5.62. The average Bonchev–Trinajstić information content (AvgIpc) is 2.10. The number of hydrogen-bond acceptors (Lipinski definition) is 2. The monoisotopic (exact) mass is 194 g/mol. The first-order chi connectivity index (χ1) is 6.63. The predicted molar refractivity (Wildman–Crippen MR) is 57.7 cm³/mol. The molecule has 14 heavy (non-hydrogen) atoms. The molecule has 0 fully saturated rings. The van der Waals surface area contributed by atoms with Crippen LogP contribution < -0.4 is 4.74 Å². The molecule has 0 heterocycles. The number of aliphatic hydroxyl groups is 1. The van der Waals surface area contributed by atoms with Gasteiger partial charge in [0.25, 0.3) is 0 Å². The molecule has 0 saturated carbocycles. The first-order valence-corrected chi connectivity index (χ1v) is 5.00. The average molecular weight is 194 g/mol. The van der Waals surface area contributed by atoms with Gasteiger partial charge in [-0.25, -0.2) is 0 Å². The Morgan fingerprint density at radius 2 is 2.07 bits per heavy atom. The largest absolute Gasteiger partial charge is 0.491 e. The maximum atomic E-state index is 8.79. The molecule has 1 aromatic rings. The molecule has 0 saturated heterocycles. The second-order valence-electron chi connectivity index (χ2n) is 3.74. The summed E-state index contributed by atoms with van der Waals surface area (Å²) in [7, 11) is 0. The number of hydrogen-bond donors (Lipinski definition) is 1. The molecule has 2 nitrogen and oxygen atoms in total. The van der Waals surface area contributed by atoms with E-state index in [0.717, 1.165) is 16.9 Å². The molecule has 78 valence electrons. The summed E-state index contributed by atoms with van der Waals surface area (Å²) in [6.07, 6.45) is 0.917. The van der Waals surface area contributed by atoms with Crippen molar-refractivity contribution in [1.29, 1.82) is 0 Å². The Balaban J connectivity index is 2.79. The Hall–Kier alpha value is -1.02. The Bertz CT molecular complexity index is 292. The van der Waals surface area contributed by atoms with Crippen LogP contribution in [0, 0.1) is 6.92 Å². The van der Waals surface area contributed by atoms with Gasteiger partial charge in [0, 0.05) is 6.61 Å². The minimum Gasteiger partial charge on any atom is -0.491 e. The van der Waals surface area contributed by atoms with E-state index in [1.807, 2.05) is 32.9 Å². The summed E-state index contributed by atoms with van der Waals surface area (Å²) in [6.45, 7) is 6.25. The number of aliphatic hydroxyl groups excluding tert-OH is 1. The van der Waals surface area contributed by atoms with E-state index in [1.54, 1.807) is 0 Å². The molecular weight excluding hydrogens is 176 g/mol. The van der Waals surface area contributed by atoms with Gasteiger partial charge in [0.05, 0.1) is 6.10 Å². The third kappa shape index (κ3) is 3.04. The second kappa shape index (κ2) is 5.01. The number of ether oxygens (including phenoxy) is 1. The first kappa shape index (κ1) is 11.1. The van der Waals surface area contributed by atoms with Gasteiger partial charge in [0.15, 0.2) is 0 Å². The van der Waals surface area contributed by atoms with Crippen molar-refractivity contribution in [3.8, 4) is 5.75 Å². The van der Waals surface area contributed by atoms with Crippen molar-refractivity contribution in [1.82, 2.24) is 0 Å². The van der Waals surface area contributed by atoms with Gasteiger partial charge in [0.2, 0.25) is 0 Å². The molecule has 1 aromatic carbocycles. The molecular formula is C12H18O2. The molecule has 0 spiro atoms. The zero-order valence-electron chi connectivity index (χ0n) is 9.08. The number of aryl methyl sites for hydroxylation is 1. The smallest absolute Gasteiger partial charge is 0.122 e. The lowest BCUT2D eigenvalue weighted by atomic mass is 10.1. The lowest BCUT2D eigenvalue weighted by Crippen LogP contribution is -2.06. The molecule has 1 N–H and O–H groups in total. The lowest BCUT2D eigenvalue weighted by Gasteiger charge is -2.13. The van der Waals surface area contributed by atoms with Crippen molar-refractivity contribution < 1.29 is 9.84 Å². The van der Waals surface area contributed by atoms with Gasteiger partial charge in [-0.3, -0.25) is 0 Å². The van der Waals surface area contributed by atoms with Crippen LogP contribution in [0.3, 0.4) is 0 Å². The van der Waals surface area contributed by atoms with Gasteiger partial charge in [-0.05, 0) is 44.4 Å². The normalized spacial score (nSPS) is 10.6. The molecule has 0 unspecified atom stereocenters. The fourth-order valence-electron chi connectivity index (χ4n) is 1.38. The quantitative estimate of drug-likeness (QED) is 0.797. The van der Waals surface area contributed by atoms with Crippen molar-refractivity contribution in [3.05, 3.63) is 29.3 Å². The van der Waals surface area contributed by atoms with E-state index in [9.17, 15) is 0 Å². The van der Waals surface area contributed by atoms with Crippen molar-refractivity contribution in [2.45, 2.75) is 33.3 Å². The van der Waals surface area contributed by atoms with E-state index in [0.29, 0.717) is 6.42 Å². The molecule has 1 rings (SSSR count). The van der Waals surface area contributed by atoms with Gasteiger partial charge in [0.1, 0.15) is 5.75 Å². The summed E-state index contributed by atoms with van der Waals surface area (Å²) in [5, 5.41) is 8.79. The summed E-state index contributed by atoms with van der Waals surface area (Å²) in [4.78, 5) is 0. The van der Waals surface area contributed by atoms with E-state index >= 15 is 0 Å². The highest BCUT2D eigenvalue weighted by atomic mass is 16.5. The summed E-state index contributed by atoms with van der Waals surface area (Å²) in [5.74, 6) is 0.932. The van der Waals surface area contributed by atoms with Crippen LogP contribution in [0.25, 0.3) is 0 Å². The van der Waals surface area contributed by atoms with Crippen molar-refractivity contribution >= 4 is 0 Å². The molecule has 0 aliphatic heterocycles. The number of benzene rings is 1. The highest BCUT2D eigenvalue weighted by Gasteiger charge is 2.02. The van der Waals surface area contributed by atoms with Crippen molar-refractivity contribution in [2.24, 2.45) is 0 Å². The van der Waals surface area contributed by atoms with E-state index in [4.69, 9.17) is 9.84 Å². The van der Waals surface area contributed by atoms with Crippen LogP contribution in [0.4, 0.5) is 0 Å². The Kier molecular flexibility index (Phi) is 3.96. The van der Waals surface area contributed by atoms with E-state index in [-0.39, 0.29) is 12.7 Å². The highest BCUT2D eigenvalue weighted by Crippen LogP contribution is 2.20. The Morgan fingerprint density at radius 3 is 2.57 bits per heavy atom. The lowest BCUT2D eigenvalue weighted by molar-refractivity contribution is 0.240. The molecule has 0 aromatic heterocycles. The molecule has 0 aliphatic carbocycles. The second-order valence-corrected chi connectivity index (χ2v) is 3.74. The van der Waals surface area contributed by atoms with Crippen molar-refractivity contribution in [2.75, 3.05) is 6.61 Å². The maximum Gasteiger partial charge on any atom is 0.122 e. The summed E-state index contributed by atoms with van der Waals surface area (Å²) in [6, 6.07) is 6.04. The van der Waals surface area contributed by atoms with E-state index < -0.39 is 0 Å². The summed E-state index contributed by atoms with van der Waals surface area (Å²) in [5.41, 5.74) is 2.28. The molecule has 2 heteroatoms. The van der Waals surface area contributed by atoms with Crippen LogP contribution in [0.5, 0.6) is 5.75 Å². The molecule has 0 amide bonds. The Morgan fingerprint density at radius 1 is 1.36 bits per heavy atom. The topological polar surface area (TPSA) is 29.5 Å². The van der Waals surface area contributed by atoms with Crippen molar-refractivity contribution in [3.63, 3.8) is 0 Å². The van der Waals surface area contributed by atoms with Crippen LogP contribution in [0.1, 0.15) is 25.0 Å². The van der Waals surface area contributed by atoms with Gasteiger partial charge in [-0.2, -0.15) is 0 Å². The van der Waals surface area contributed by atoms with Gasteiger partial charge >= 0.3 is 0 Å². The third-order valence-corrected chi connectivity index (χ3v) is 2.00. The zero-order chi connectivity index (χ0) is 10.6. The first-order valence-electron chi connectivity index (χ1n) is 5.00. The molecule has 0 atom stereocenters. The van der Waals surface area contributed by atoms with Crippen LogP contribution >= 0.6 is 0 Å². The van der Waals surface area contributed by atoms with E-state index in [1.165, 1.54) is 0 Å². The van der Waals surface area contributed by atoms with Gasteiger partial charge in [-0.1, -0.05) is 12.1 Å². The van der Waals surface area contributed by atoms with Crippen LogP contribution in [-0.2, 0) is 6.42 Å². The van der Waals surface area contributed by atoms with Crippen LogP contribution in [0.15, 0.2) is 18.2 Å². The third-order valence-electron chi connectivity index (χ3n) is 2.00. The standard InChI is InChI=1S/C12H18O2/c1-9(2)14-12-5-4-11(6-7-13)8-10(12)3/h4-5,8-9,13H,6-7H2,1-3H3. The molecule has 0 bridgehead atoms. The molecule has 0 radical (unpaired) electrons. The minimum atomic E-state index is 0.198. The minimum absolute atomic E-state index is 0.198. The van der Waals surface area contributed by atoms with Gasteiger partial charge < -0.3 is 9.84 Å². The highest BCUT2D eigenvalue weighted by molar-refractivity contribution is 5.36. The van der Waals surface area contributed by atoms with Gasteiger partial charge in [-0.15, -0.1) is 0 Å². The number of rotatable bonds is 4. The van der Waals surface area contributed by atoms with Crippen LogP contribution in [0.2, 0.25) is 0 Å². The van der Waals surface area contributed by atoms with E-state index in [2.05, 4.69) is 6.07 Å². The van der Waals surface area contributed by atoms with Crippen LogP contribution in [-0.4, -0.2) is 17.8 Å². The summed E-state index contributed by atoms with van der Waals surface area (Å²) >= 11 is 0. The predicted octanol–water partition coefficient (Wildman–Crippen LogP) is 2.32. The molecule has 0 aliphatic rings. The maximum absolute atomic E-state index is 8.79. The fraction of sp³-hybridized carbons (Fsp3) is 0.500.